The number of rotatable bonds is 7. The monoisotopic (exact) mass is 604 g/mol. The van der Waals surface area contributed by atoms with Gasteiger partial charge in [-0.1, -0.05) is 36.4 Å². The Balaban J connectivity index is 1.23. The summed E-state index contributed by atoms with van der Waals surface area (Å²) in [6, 6.07) is 15.5. The van der Waals surface area contributed by atoms with Crippen LogP contribution < -0.4 is 10.6 Å². The van der Waals surface area contributed by atoms with Crippen molar-refractivity contribution in [1.82, 2.24) is 14.8 Å². The van der Waals surface area contributed by atoms with Gasteiger partial charge in [-0.2, -0.15) is 0 Å². The molecule has 3 atom stereocenters. The third-order valence-electron chi connectivity index (χ3n) is 9.56. The zero-order chi connectivity index (χ0) is 31.2. The normalized spacial score (nSPS) is 24.9. The van der Waals surface area contributed by atoms with Gasteiger partial charge in [0.15, 0.2) is 0 Å². The first-order valence-electron chi connectivity index (χ1n) is 15.2. The Kier molecular flexibility index (Phi) is 7.81. The van der Waals surface area contributed by atoms with E-state index in [0.717, 1.165) is 16.6 Å². The quantitative estimate of drug-likeness (QED) is 0.322. The van der Waals surface area contributed by atoms with Crippen LogP contribution in [0, 0.1) is 11.8 Å². The van der Waals surface area contributed by atoms with Crippen LogP contribution in [0.3, 0.4) is 0 Å². The number of alkyl halides is 1. The molecule has 1 saturated heterocycles. The summed E-state index contributed by atoms with van der Waals surface area (Å²) in [5.41, 5.74) is 2.10. The maximum Gasteiger partial charge on any atom is 0.419 e. The second-order valence-corrected chi connectivity index (χ2v) is 12.6. The van der Waals surface area contributed by atoms with Crippen LogP contribution in [0.2, 0.25) is 0 Å². The SMILES string of the molecule is CC1(C)OC(=O)n2c1cc1ccc(NC(=O)[C@@H]3[C@@H](c4ccccc4)CCN3C(=O)C3CCC([C@@H](CF)NC(=O)O)CC3)cc12. The highest BCUT2D eigenvalue weighted by atomic mass is 19.1. The zero-order valence-corrected chi connectivity index (χ0v) is 24.8. The molecule has 0 unspecified atom stereocenters. The van der Waals surface area contributed by atoms with Crippen LogP contribution in [0.1, 0.15) is 63.1 Å². The second kappa shape index (κ2) is 11.6. The van der Waals surface area contributed by atoms with Crippen molar-refractivity contribution in [3.05, 3.63) is 65.9 Å². The molecule has 0 radical (unpaired) electrons. The van der Waals surface area contributed by atoms with Gasteiger partial charge in [0, 0.05) is 29.5 Å². The van der Waals surface area contributed by atoms with Crippen molar-refractivity contribution in [2.24, 2.45) is 11.8 Å². The molecule has 11 heteroatoms. The van der Waals surface area contributed by atoms with E-state index in [-0.39, 0.29) is 29.6 Å². The predicted octanol–water partition coefficient (Wildman–Crippen LogP) is 5.61. The van der Waals surface area contributed by atoms with Gasteiger partial charge in [-0.05, 0) is 75.6 Å². The summed E-state index contributed by atoms with van der Waals surface area (Å²) in [5.74, 6) is -1.12. The second-order valence-electron chi connectivity index (χ2n) is 12.6. The lowest BCUT2D eigenvalue weighted by Gasteiger charge is -2.35. The van der Waals surface area contributed by atoms with E-state index in [4.69, 9.17) is 9.84 Å². The maximum atomic E-state index is 14.0. The summed E-state index contributed by atoms with van der Waals surface area (Å²) in [6.45, 7) is 3.30. The van der Waals surface area contributed by atoms with Gasteiger partial charge < -0.3 is 25.4 Å². The van der Waals surface area contributed by atoms with Crippen LogP contribution in [0.15, 0.2) is 54.6 Å². The fourth-order valence-electron chi connectivity index (χ4n) is 7.31. The number of benzene rings is 2. The van der Waals surface area contributed by atoms with Gasteiger partial charge in [-0.25, -0.2) is 18.5 Å². The molecule has 1 saturated carbocycles. The number of cyclic esters (lactones) is 1. The average Bonchev–Trinajstić information content (AvgIpc) is 3.68. The van der Waals surface area contributed by atoms with E-state index in [2.05, 4.69) is 10.6 Å². The number of carbonyl (C=O) groups is 4. The number of likely N-dealkylation sites (tertiary alicyclic amines) is 1. The van der Waals surface area contributed by atoms with Crippen LogP contribution in [-0.2, 0) is 19.9 Å². The Morgan fingerprint density at radius 2 is 1.77 bits per heavy atom. The van der Waals surface area contributed by atoms with Crippen molar-refractivity contribution >= 4 is 40.6 Å². The number of halogens is 1. The highest BCUT2D eigenvalue weighted by Crippen LogP contribution is 2.40. The molecule has 10 nitrogen and oxygen atoms in total. The van der Waals surface area contributed by atoms with Crippen molar-refractivity contribution in [1.29, 1.82) is 0 Å². The molecule has 2 fully saturated rings. The van der Waals surface area contributed by atoms with Gasteiger partial charge in [-0.15, -0.1) is 0 Å². The van der Waals surface area contributed by atoms with Gasteiger partial charge in [0.1, 0.15) is 18.3 Å². The van der Waals surface area contributed by atoms with Gasteiger partial charge in [0.2, 0.25) is 11.8 Å². The third-order valence-corrected chi connectivity index (χ3v) is 9.56. The van der Waals surface area contributed by atoms with Crippen LogP contribution in [0.25, 0.3) is 10.9 Å². The highest BCUT2D eigenvalue weighted by molar-refractivity contribution is 6.01. The summed E-state index contributed by atoms with van der Waals surface area (Å²) < 4.78 is 20.6. The largest absolute Gasteiger partial charge is 0.465 e. The van der Waals surface area contributed by atoms with Crippen LogP contribution in [0.5, 0.6) is 0 Å². The van der Waals surface area contributed by atoms with E-state index < -0.39 is 36.5 Å². The number of nitrogens with one attached hydrogen (secondary N) is 2. The molecule has 3 amide bonds. The number of nitrogens with zero attached hydrogens (tertiary/aromatic N) is 2. The van der Waals surface area contributed by atoms with Gasteiger partial charge in [-0.3, -0.25) is 9.59 Å². The minimum absolute atomic E-state index is 0.102. The summed E-state index contributed by atoms with van der Waals surface area (Å²) >= 11 is 0. The molecule has 3 aliphatic rings. The molecule has 2 aliphatic heterocycles. The summed E-state index contributed by atoms with van der Waals surface area (Å²) in [7, 11) is 0. The lowest BCUT2D eigenvalue weighted by molar-refractivity contribution is -0.141. The predicted molar refractivity (Wildman–Crippen MR) is 161 cm³/mol. The van der Waals surface area contributed by atoms with Crippen molar-refractivity contribution in [2.75, 3.05) is 18.5 Å². The Hall–Kier alpha value is -4.41. The number of aromatic nitrogens is 1. The molecule has 0 bridgehead atoms. The number of anilines is 1. The van der Waals surface area contributed by atoms with Crippen LogP contribution in [-0.4, -0.2) is 63.9 Å². The number of fused-ring (bicyclic) bond motifs is 3. The number of ether oxygens (including phenoxy) is 1. The minimum Gasteiger partial charge on any atom is -0.465 e. The van der Waals surface area contributed by atoms with E-state index >= 15 is 0 Å². The molecule has 3 N–H and O–H groups in total. The fraction of sp³-hybridized carbons (Fsp3) is 0.455. The van der Waals surface area contributed by atoms with E-state index in [0.29, 0.717) is 49.9 Å². The molecule has 3 aromatic rings. The summed E-state index contributed by atoms with van der Waals surface area (Å²) in [6.07, 6.45) is 0.967. The molecule has 0 spiro atoms. The van der Waals surface area contributed by atoms with E-state index in [1.54, 1.807) is 17.0 Å². The molecule has 1 aliphatic carbocycles. The molecule has 232 valence electrons. The molecule has 3 heterocycles. The van der Waals surface area contributed by atoms with Crippen LogP contribution >= 0.6 is 0 Å². The summed E-state index contributed by atoms with van der Waals surface area (Å²) in [4.78, 5) is 53.4. The Morgan fingerprint density at radius 3 is 2.45 bits per heavy atom. The lowest BCUT2D eigenvalue weighted by Crippen LogP contribution is -2.49. The fourth-order valence-corrected chi connectivity index (χ4v) is 7.31. The first-order chi connectivity index (χ1) is 21.1. The molecular formula is C33H37FN4O6. The van der Waals surface area contributed by atoms with Gasteiger partial charge >= 0.3 is 12.2 Å². The highest BCUT2D eigenvalue weighted by Gasteiger charge is 2.45. The number of hydrogen-bond acceptors (Lipinski definition) is 5. The first-order valence-corrected chi connectivity index (χ1v) is 15.2. The Morgan fingerprint density at radius 1 is 1.05 bits per heavy atom. The number of amides is 3. The van der Waals surface area contributed by atoms with Crippen molar-refractivity contribution < 1.29 is 33.4 Å². The molecule has 6 rings (SSSR count). The van der Waals surface area contributed by atoms with E-state index in [9.17, 15) is 23.6 Å². The average molecular weight is 605 g/mol. The molecular weight excluding hydrogens is 567 g/mol. The standard InChI is InChI=1S/C33H37FN4O6/c1-33(2)27-16-22-12-13-23(17-26(22)38(27)32(43)44-33)35-29(39)28-24(19-6-4-3-5-7-19)14-15-37(28)30(40)21-10-8-20(9-11-21)25(18-34)36-31(41)42/h3-7,12-13,16-17,20-21,24-25,28,36H,8-11,14-15,18H2,1-2H3,(H,35,39)(H,41,42)/t20?,21?,24-,25-,28+/m1/s1. The van der Waals surface area contributed by atoms with Crippen LogP contribution in [0.4, 0.5) is 19.7 Å². The molecule has 1 aromatic heterocycles. The lowest BCUT2D eigenvalue weighted by atomic mass is 9.78. The number of carbonyl (C=O) groups excluding carboxylic acids is 3. The maximum absolute atomic E-state index is 14.0. The van der Waals surface area contributed by atoms with Crippen molar-refractivity contribution in [3.8, 4) is 0 Å². The minimum atomic E-state index is -1.26. The van der Waals surface area contributed by atoms with E-state index in [1.807, 2.05) is 56.3 Å². The first kappa shape index (κ1) is 29.7. The number of hydrogen-bond donors (Lipinski definition) is 3. The van der Waals surface area contributed by atoms with Crippen molar-refractivity contribution in [3.63, 3.8) is 0 Å². The Labute approximate surface area is 254 Å². The van der Waals surface area contributed by atoms with Crippen molar-refractivity contribution in [2.45, 2.75) is 69.6 Å². The van der Waals surface area contributed by atoms with Gasteiger partial charge in [0.25, 0.3) is 0 Å². The third kappa shape index (κ3) is 5.39. The zero-order valence-electron chi connectivity index (χ0n) is 24.8. The molecule has 2 aromatic carbocycles. The Bertz CT molecular complexity index is 1600. The smallest absolute Gasteiger partial charge is 0.419 e. The van der Waals surface area contributed by atoms with E-state index in [1.165, 1.54) is 4.57 Å². The number of carboxylic acid groups (broad SMARTS) is 1. The topological polar surface area (TPSA) is 130 Å². The van der Waals surface area contributed by atoms with Gasteiger partial charge in [0.05, 0.1) is 17.3 Å². The summed E-state index contributed by atoms with van der Waals surface area (Å²) in [5, 5.41) is 15.2. The molecule has 44 heavy (non-hydrogen) atoms.